The maximum absolute atomic E-state index is 11.6. The van der Waals surface area contributed by atoms with E-state index in [0.29, 0.717) is 6.42 Å². The third kappa shape index (κ3) is 6.82. The second-order valence-electron chi connectivity index (χ2n) is 10.6. The van der Waals surface area contributed by atoms with Crippen molar-refractivity contribution < 1.29 is 14.6 Å². The van der Waals surface area contributed by atoms with Gasteiger partial charge in [0.15, 0.2) is 0 Å². The lowest BCUT2D eigenvalue weighted by Crippen LogP contribution is -2.48. The molecule has 1 N–H and O–H groups in total. The fourth-order valence-corrected chi connectivity index (χ4v) is 2.69. The zero-order valence-corrected chi connectivity index (χ0v) is 17.3. The molecule has 0 saturated heterocycles. The summed E-state index contributed by atoms with van der Waals surface area (Å²) in [7, 11) is 0. The highest BCUT2D eigenvalue weighted by Gasteiger charge is 2.47. The van der Waals surface area contributed by atoms with E-state index < -0.39 is 6.10 Å². The Kier molecular flexibility index (Phi) is 6.95. The number of hydrogen-bond donors (Lipinski definition) is 1. The van der Waals surface area contributed by atoms with Crippen LogP contribution in [0.25, 0.3) is 0 Å². The lowest BCUT2D eigenvalue weighted by molar-refractivity contribution is -0.164. The highest BCUT2D eigenvalue weighted by atomic mass is 16.5. The van der Waals surface area contributed by atoms with Crippen LogP contribution in [0.4, 0.5) is 0 Å². The predicted octanol–water partition coefficient (Wildman–Crippen LogP) is 5.20. The molecule has 0 fully saturated rings. The van der Waals surface area contributed by atoms with Gasteiger partial charge in [0, 0.05) is 12.3 Å². The average molecular weight is 329 g/mol. The zero-order valence-electron chi connectivity index (χ0n) is 17.3. The van der Waals surface area contributed by atoms with Crippen LogP contribution in [-0.2, 0) is 9.53 Å². The summed E-state index contributed by atoms with van der Waals surface area (Å²) >= 11 is 0. The average Bonchev–Trinajstić information content (AvgIpc) is 2.23. The molecule has 3 nitrogen and oxygen atoms in total. The molecule has 0 heterocycles. The molecule has 2 unspecified atom stereocenters. The van der Waals surface area contributed by atoms with Gasteiger partial charge in [0.1, 0.15) is 6.10 Å². The monoisotopic (exact) mass is 328 g/mol. The molecule has 23 heavy (non-hydrogen) atoms. The molecular formula is C20H40O3. The number of aliphatic hydroxyl groups is 1. The number of aliphatic hydroxyl groups excluding tert-OH is 1. The van der Waals surface area contributed by atoms with E-state index in [1.54, 1.807) is 0 Å². The van der Waals surface area contributed by atoms with Crippen LogP contribution in [0.1, 0.15) is 89.0 Å². The first-order chi connectivity index (χ1) is 9.90. The smallest absolute Gasteiger partial charge is 0.302 e. The Bertz CT molecular complexity index is 394. The molecule has 0 aliphatic carbocycles. The largest absolute Gasteiger partial charge is 0.462 e. The Morgan fingerprint density at radius 3 is 1.65 bits per heavy atom. The molecule has 0 aromatic rings. The Morgan fingerprint density at radius 1 is 0.913 bits per heavy atom. The van der Waals surface area contributed by atoms with Crippen molar-refractivity contribution in [1.29, 1.82) is 0 Å². The highest BCUT2D eigenvalue weighted by Crippen LogP contribution is 2.49. The molecule has 2 atom stereocenters. The van der Waals surface area contributed by atoms with Gasteiger partial charge in [-0.05, 0) is 29.1 Å². The Balaban J connectivity index is 5.51. The van der Waals surface area contributed by atoms with Crippen LogP contribution in [0.5, 0.6) is 0 Å². The number of carbonyl (C=O) groups excluding carboxylic acids is 1. The number of rotatable bonds is 6. The Morgan fingerprint density at radius 2 is 1.35 bits per heavy atom. The minimum Gasteiger partial charge on any atom is -0.462 e. The van der Waals surface area contributed by atoms with E-state index >= 15 is 0 Å². The molecule has 0 aromatic heterocycles. The molecule has 0 bridgehead atoms. The number of ether oxygens (including phenoxy) is 1. The third-order valence-corrected chi connectivity index (χ3v) is 5.36. The number of carbonyl (C=O) groups is 1. The van der Waals surface area contributed by atoms with Gasteiger partial charge in [-0.3, -0.25) is 4.79 Å². The fourth-order valence-electron chi connectivity index (χ4n) is 2.69. The van der Waals surface area contributed by atoms with Gasteiger partial charge in [-0.15, -0.1) is 0 Å². The first kappa shape index (κ1) is 22.4. The van der Waals surface area contributed by atoms with Gasteiger partial charge in [-0.2, -0.15) is 0 Å². The number of hydrogen-bond acceptors (Lipinski definition) is 3. The van der Waals surface area contributed by atoms with Crippen LogP contribution < -0.4 is 0 Å². The molecule has 0 spiro atoms. The van der Waals surface area contributed by atoms with Crippen molar-refractivity contribution in [3.8, 4) is 0 Å². The van der Waals surface area contributed by atoms with Crippen LogP contribution in [0.3, 0.4) is 0 Å². The molecule has 0 radical (unpaired) electrons. The van der Waals surface area contributed by atoms with E-state index in [4.69, 9.17) is 4.74 Å². The molecule has 0 aliphatic rings. The SMILES string of the molecule is CC(=O)OC(CC(C)(C)C)C(C)(C)C(C)(C)CC(O)C(C)(C)C. The van der Waals surface area contributed by atoms with Crippen molar-refractivity contribution in [2.75, 3.05) is 0 Å². The normalized spacial score (nSPS) is 16.9. The Labute approximate surface area is 144 Å². The maximum atomic E-state index is 11.6. The molecule has 0 rings (SSSR count). The second kappa shape index (κ2) is 7.13. The zero-order chi connectivity index (χ0) is 18.9. The Hall–Kier alpha value is -0.570. The first-order valence-electron chi connectivity index (χ1n) is 8.75. The van der Waals surface area contributed by atoms with E-state index in [-0.39, 0.29) is 33.7 Å². The van der Waals surface area contributed by atoms with Crippen molar-refractivity contribution in [2.24, 2.45) is 21.7 Å². The first-order valence-corrected chi connectivity index (χ1v) is 8.75. The topological polar surface area (TPSA) is 46.5 Å². The van der Waals surface area contributed by atoms with Gasteiger partial charge in [0.05, 0.1) is 6.10 Å². The molecule has 0 saturated carbocycles. The minimum absolute atomic E-state index is 0.0656. The minimum atomic E-state index is -0.399. The lowest BCUT2D eigenvalue weighted by atomic mass is 9.59. The maximum Gasteiger partial charge on any atom is 0.302 e. The van der Waals surface area contributed by atoms with Crippen LogP contribution in [0, 0.1) is 21.7 Å². The van der Waals surface area contributed by atoms with Crippen LogP contribution in [0.15, 0.2) is 0 Å². The summed E-state index contributed by atoms with van der Waals surface area (Å²) in [4.78, 5) is 11.6. The molecular weight excluding hydrogens is 288 g/mol. The predicted molar refractivity (Wildman–Crippen MR) is 97.3 cm³/mol. The molecule has 0 aromatic carbocycles. The fraction of sp³-hybridized carbons (Fsp3) is 0.950. The third-order valence-electron chi connectivity index (χ3n) is 5.36. The van der Waals surface area contributed by atoms with Crippen molar-refractivity contribution in [3.05, 3.63) is 0 Å². The van der Waals surface area contributed by atoms with Crippen molar-refractivity contribution in [2.45, 2.75) is 101 Å². The van der Waals surface area contributed by atoms with Crippen LogP contribution >= 0.6 is 0 Å². The van der Waals surface area contributed by atoms with Crippen LogP contribution in [-0.4, -0.2) is 23.3 Å². The van der Waals surface area contributed by atoms with Crippen LogP contribution in [0.2, 0.25) is 0 Å². The molecule has 0 amide bonds. The van der Waals surface area contributed by atoms with Gasteiger partial charge in [-0.25, -0.2) is 0 Å². The molecule has 3 heteroatoms. The van der Waals surface area contributed by atoms with Gasteiger partial charge >= 0.3 is 5.97 Å². The quantitative estimate of drug-likeness (QED) is 0.681. The van der Waals surface area contributed by atoms with E-state index in [9.17, 15) is 9.90 Å². The molecule has 138 valence electrons. The van der Waals surface area contributed by atoms with E-state index in [0.717, 1.165) is 6.42 Å². The second-order valence-corrected chi connectivity index (χ2v) is 10.6. The van der Waals surface area contributed by atoms with Gasteiger partial charge in [0.2, 0.25) is 0 Å². The summed E-state index contributed by atoms with van der Waals surface area (Å²) in [5.74, 6) is -0.237. The number of esters is 1. The summed E-state index contributed by atoms with van der Waals surface area (Å²) in [6.45, 7) is 22.8. The van der Waals surface area contributed by atoms with Gasteiger partial charge in [-0.1, -0.05) is 69.2 Å². The summed E-state index contributed by atoms with van der Waals surface area (Å²) in [6.07, 6.45) is 0.895. The van der Waals surface area contributed by atoms with Gasteiger partial charge < -0.3 is 9.84 Å². The summed E-state index contributed by atoms with van der Waals surface area (Å²) < 4.78 is 5.72. The lowest BCUT2D eigenvalue weighted by Gasteiger charge is -2.49. The summed E-state index contributed by atoms with van der Waals surface area (Å²) in [6, 6.07) is 0. The van der Waals surface area contributed by atoms with Crippen molar-refractivity contribution in [1.82, 2.24) is 0 Å². The van der Waals surface area contributed by atoms with E-state index in [2.05, 4.69) is 69.2 Å². The summed E-state index contributed by atoms with van der Waals surface area (Å²) in [5.41, 5.74) is -0.520. The molecule has 0 aliphatic heterocycles. The van der Waals surface area contributed by atoms with E-state index in [1.807, 2.05) is 0 Å². The standard InChI is InChI=1S/C20H40O3/c1-14(21)23-16(13-17(2,3)4)20(10,11)19(8,9)12-15(22)18(5,6)7/h15-16,22H,12-13H2,1-11H3. The van der Waals surface area contributed by atoms with E-state index in [1.165, 1.54) is 6.92 Å². The van der Waals surface area contributed by atoms with Gasteiger partial charge in [0.25, 0.3) is 0 Å². The highest BCUT2D eigenvalue weighted by molar-refractivity contribution is 5.66. The van der Waals surface area contributed by atoms with Crippen molar-refractivity contribution in [3.63, 3.8) is 0 Å². The van der Waals surface area contributed by atoms with Crippen molar-refractivity contribution >= 4 is 5.97 Å². The summed E-state index contributed by atoms with van der Waals surface area (Å²) in [5, 5.41) is 10.6.